The fourth-order valence-electron chi connectivity index (χ4n) is 2.71. The highest BCUT2D eigenvalue weighted by molar-refractivity contribution is 7.98. The average molecular weight is 412 g/mol. The van der Waals surface area contributed by atoms with Crippen LogP contribution in [-0.2, 0) is 4.79 Å². The Morgan fingerprint density at radius 1 is 1.07 bits per heavy atom. The van der Waals surface area contributed by atoms with Gasteiger partial charge in [-0.1, -0.05) is 24.3 Å². The topological polar surface area (TPSA) is 71.1 Å². The van der Waals surface area contributed by atoms with E-state index in [2.05, 4.69) is 15.6 Å². The standard InChI is InChI=1S/C21H21N3O2S2/c1-13(22-14(2)25)15-4-6-16(7-5-15)19-12-28-21(23-19)24-20(26)17-8-10-18(27-3)11-9-17/h4-13H,1-3H3,(H,22,25)(H,23,24,26). The summed E-state index contributed by atoms with van der Waals surface area (Å²) in [6, 6.07) is 15.3. The number of amides is 2. The molecule has 0 bridgehead atoms. The molecule has 0 aliphatic rings. The minimum absolute atomic E-state index is 0.0469. The summed E-state index contributed by atoms with van der Waals surface area (Å²) in [6.45, 7) is 3.45. The van der Waals surface area contributed by atoms with Crippen LogP contribution in [0.5, 0.6) is 0 Å². The number of aromatic nitrogens is 1. The van der Waals surface area contributed by atoms with Crippen molar-refractivity contribution in [3.05, 3.63) is 65.0 Å². The van der Waals surface area contributed by atoms with Gasteiger partial charge in [0.2, 0.25) is 5.91 Å². The summed E-state index contributed by atoms with van der Waals surface area (Å²) >= 11 is 3.03. The largest absolute Gasteiger partial charge is 0.350 e. The Balaban J connectivity index is 1.67. The number of rotatable bonds is 6. The van der Waals surface area contributed by atoms with Crippen LogP contribution in [0.4, 0.5) is 5.13 Å². The molecule has 1 atom stereocenters. The number of hydrogen-bond acceptors (Lipinski definition) is 5. The molecule has 0 spiro atoms. The number of benzene rings is 2. The van der Waals surface area contributed by atoms with E-state index in [1.165, 1.54) is 18.3 Å². The van der Waals surface area contributed by atoms with Gasteiger partial charge in [0.05, 0.1) is 11.7 Å². The predicted molar refractivity (Wildman–Crippen MR) is 116 cm³/mol. The van der Waals surface area contributed by atoms with Gasteiger partial charge in [0.15, 0.2) is 5.13 Å². The molecule has 0 aliphatic carbocycles. The summed E-state index contributed by atoms with van der Waals surface area (Å²) < 4.78 is 0. The van der Waals surface area contributed by atoms with E-state index in [1.807, 2.05) is 67.1 Å². The van der Waals surface area contributed by atoms with Crippen molar-refractivity contribution < 1.29 is 9.59 Å². The summed E-state index contributed by atoms with van der Waals surface area (Å²) in [6.07, 6.45) is 2.00. The fourth-order valence-corrected chi connectivity index (χ4v) is 3.83. The first-order chi connectivity index (χ1) is 13.5. The molecule has 0 radical (unpaired) electrons. The van der Waals surface area contributed by atoms with Crippen molar-refractivity contribution in [2.45, 2.75) is 24.8 Å². The molecule has 0 saturated heterocycles. The molecular formula is C21H21N3O2S2. The van der Waals surface area contributed by atoms with E-state index in [4.69, 9.17) is 0 Å². The highest BCUT2D eigenvalue weighted by atomic mass is 32.2. The maximum atomic E-state index is 12.4. The maximum absolute atomic E-state index is 12.4. The van der Waals surface area contributed by atoms with Crippen LogP contribution in [0, 0.1) is 0 Å². The molecule has 3 aromatic rings. The van der Waals surface area contributed by atoms with Crippen molar-refractivity contribution >= 4 is 40.0 Å². The highest BCUT2D eigenvalue weighted by Crippen LogP contribution is 2.26. The number of nitrogens with zero attached hydrogens (tertiary/aromatic N) is 1. The van der Waals surface area contributed by atoms with E-state index < -0.39 is 0 Å². The van der Waals surface area contributed by atoms with Crippen molar-refractivity contribution in [1.82, 2.24) is 10.3 Å². The summed E-state index contributed by atoms with van der Waals surface area (Å²) in [5.74, 6) is -0.229. The zero-order chi connectivity index (χ0) is 20.1. The van der Waals surface area contributed by atoms with Gasteiger partial charge in [-0.25, -0.2) is 4.98 Å². The van der Waals surface area contributed by atoms with Gasteiger partial charge in [-0.05, 0) is 43.0 Å². The van der Waals surface area contributed by atoms with E-state index in [9.17, 15) is 9.59 Å². The van der Waals surface area contributed by atoms with Crippen molar-refractivity contribution in [3.63, 3.8) is 0 Å². The van der Waals surface area contributed by atoms with Gasteiger partial charge in [0, 0.05) is 28.3 Å². The van der Waals surface area contributed by atoms with Gasteiger partial charge >= 0.3 is 0 Å². The lowest BCUT2D eigenvalue weighted by atomic mass is 10.1. The van der Waals surface area contributed by atoms with Gasteiger partial charge in [-0.2, -0.15) is 0 Å². The molecule has 28 heavy (non-hydrogen) atoms. The molecule has 2 amide bonds. The highest BCUT2D eigenvalue weighted by Gasteiger charge is 2.11. The van der Waals surface area contributed by atoms with E-state index >= 15 is 0 Å². The normalized spacial score (nSPS) is 11.7. The third-order valence-corrected chi connectivity index (χ3v) is 5.70. The Kier molecular flexibility index (Phi) is 6.49. The van der Waals surface area contributed by atoms with E-state index in [1.54, 1.807) is 11.8 Å². The van der Waals surface area contributed by atoms with Crippen molar-refractivity contribution in [3.8, 4) is 11.3 Å². The molecule has 0 aliphatic heterocycles. The maximum Gasteiger partial charge on any atom is 0.257 e. The molecule has 1 aromatic heterocycles. The molecule has 1 heterocycles. The summed E-state index contributed by atoms with van der Waals surface area (Å²) in [5.41, 5.74) is 3.39. The molecular weight excluding hydrogens is 390 g/mol. The first-order valence-corrected chi connectivity index (χ1v) is 10.8. The van der Waals surface area contributed by atoms with Crippen molar-refractivity contribution in [2.75, 3.05) is 11.6 Å². The second-order valence-corrected chi connectivity index (χ2v) is 8.00. The second kappa shape index (κ2) is 9.03. The Bertz CT molecular complexity index is 966. The minimum atomic E-state index is -0.173. The van der Waals surface area contributed by atoms with Crippen LogP contribution in [-0.4, -0.2) is 23.1 Å². The van der Waals surface area contributed by atoms with Gasteiger partial charge in [-0.3, -0.25) is 14.9 Å². The van der Waals surface area contributed by atoms with Crippen LogP contribution in [0.25, 0.3) is 11.3 Å². The number of carbonyl (C=O) groups is 2. The molecule has 0 fully saturated rings. The molecule has 2 aromatic carbocycles. The Morgan fingerprint density at radius 3 is 2.36 bits per heavy atom. The van der Waals surface area contributed by atoms with Crippen molar-refractivity contribution in [1.29, 1.82) is 0 Å². The molecule has 0 saturated carbocycles. The van der Waals surface area contributed by atoms with Crippen LogP contribution in [0.15, 0.2) is 58.8 Å². The Hall–Kier alpha value is -2.64. The lowest BCUT2D eigenvalue weighted by Crippen LogP contribution is -2.23. The quantitative estimate of drug-likeness (QED) is 0.561. The molecule has 144 valence electrons. The molecule has 7 heteroatoms. The Morgan fingerprint density at radius 2 is 1.75 bits per heavy atom. The third-order valence-electron chi connectivity index (χ3n) is 4.20. The van der Waals surface area contributed by atoms with Crippen molar-refractivity contribution in [2.24, 2.45) is 0 Å². The van der Waals surface area contributed by atoms with Crippen LogP contribution >= 0.6 is 23.1 Å². The SMILES string of the molecule is CSc1ccc(C(=O)Nc2nc(-c3ccc(C(C)NC(C)=O)cc3)cs2)cc1. The summed E-state index contributed by atoms with van der Waals surface area (Å²) in [7, 11) is 0. The molecule has 5 nitrogen and oxygen atoms in total. The van der Waals surface area contributed by atoms with E-state index in [-0.39, 0.29) is 17.9 Å². The van der Waals surface area contributed by atoms with Crippen LogP contribution in [0.1, 0.15) is 35.8 Å². The number of nitrogens with one attached hydrogen (secondary N) is 2. The number of thioether (sulfide) groups is 1. The molecule has 1 unspecified atom stereocenters. The number of hydrogen-bond donors (Lipinski definition) is 2. The van der Waals surface area contributed by atoms with Gasteiger partial charge in [0.25, 0.3) is 5.91 Å². The second-order valence-electron chi connectivity index (χ2n) is 6.26. The zero-order valence-electron chi connectivity index (χ0n) is 15.9. The number of thiazole rings is 1. The monoisotopic (exact) mass is 411 g/mol. The zero-order valence-corrected chi connectivity index (χ0v) is 17.5. The summed E-state index contributed by atoms with van der Waals surface area (Å²) in [4.78, 5) is 29.2. The summed E-state index contributed by atoms with van der Waals surface area (Å²) in [5, 5.41) is 8.19. The lowest BCUT2D eigenvalue weighted by molar-refractivity contribution is -0.119. The smallest absolute Gasteiger partial charge is 0.257 e. The molecule has 2 N–H and O–H groups in total. The van der Waals surface area contributed by atoms with Crippen LogP contribution in [0.2, 0.25) is 0 Å². The first-order valence-electron chi connectivity index (χ1n) is 8.74. The van der Waals surface area contributed by atoms with Crippen LogP contribution in [0.3, 0.4) is 0 Å². The van der Waals surface area contributed by atoms with Crippen LogP contribution < -0.4 is 10.6 Å². The first kappa shape index (κ1) is 20.1. The van der Waals surface area contributed by atoms with Gasteiger partial charge in [0.1, 0.15) is 0 Å². The molecule has 3 rings (SSSR count). The van der Waals surface area contributed by atoms with Gasteiger partial charge in [-0.15, -0.1) is 23.1 Å². The number of carbonyl (C=O) groups excluding carboxylic acids is 2. The van der Waals surface area contributed by atoms with E-state index in [0.29, 0.717) is 10.7 Å². The number of anilines is 1. The van der Waals surface area contributed by atoms with Gasteiger partial charge < -0.3 is 5.32 Å². The third kappa shape index (κ3) is 4.99. The average Bonchev–Trinajstić information content (AvgIpc) is 3.16. The fraction of sp³-hybridized carbons (Fsp3) is 0.190. The minimum Gasteiger partial charge on any atom is -0.350 e. The Labute approximate surface area is 172 Å². The van der Waals surface area contributed by atoms with E-state index in [0.717, 1.165) is 21.7 Å². The lowest BCUT2D eigenvalue weighted by Gasteiger charge is -2.13. The predicted octanol–water partition coefficient (Wildman–Crippen LogP) is 4.98.